The van der Waals surface area contributed by atoms with E-state index >= 15 is 0 Å². The van der Waals surface area contributed by atoms with Gasteiger partial charge in [0.05, 0.1) is 0 Å². The van der Waals surface area contributed by atoms with Crippen molar-refractivity contribution in [2.45, 2.75) is 13.3 Å². The molecule has 0 amide bonds. The molecule has 7 heteroatoms. The zero-order chi connectivity index (χ0) is 18.4. The molecule has 2 aromatic carbocycles. The molecular formula is C20H13N3O4. The van der Waals surface area contributed by atoms with Gasteiger partial charge in [0, 0.05) is 17.4 Å². The molecule has 0 radical (unpaired) electrons. The summed E-state index contributed by atoms with van der Waals surface area (Å²) in [5.74, 6) is 1.14. The molecule has 0 N–H and O–H groups in total. The van der Waals surface area contributed by atoms with Crippen LogP contribution in [0.3, 0.4) is 0 Å². The Labute approximate surface area is 152 Å². The number of aromatic nitrogens is 3. The summed E-state index contributed by atoms with van der Waals surface area (Å²) in [5, 5.41) is 4.77. The number of nitrogens with zero attached hydrogens (tertiary/aromatic N) is 3. The van der Waals surface area contributed by atoms with Gasteiger partial charge < -0.3 is 13.4 Å². The Hall–Kier alpha value is -3.74. The molecule has 0 aliphatic heterocycles. The number of hydrogen-bond acceptors (Lipinski definition) is 7. The first-order chi connectivity index (χ1) is 13.2. The minimum Gasteiger partial charge on any atom is -0.441 e. The van der Waals surface area contributed by atoms with Crippen molar-refractivity contribution >= 4 is 22.1 Å². The summed E-state index contributed by atoms with van der Waals surface area (Å²) in [7, 11) is 0. The summed E-state index contributed by atoms with van der Waals surface area (Å²) in [6.45, 7) is 1.98. The predicted octanol–water partition coefficient (Wildman–Crippen LogP) is 4.21. The van der Waals surface area contributed by atoms with Gasteiger partial charge >= 0.3 is 5.63 Å². The van der Waals surface area contributed by atoms with Gasteiger partial charge in [-0.2, -0.15) is 4.98 Å². The van der Waals surface area contributed by atoms with Crippen LogP contribution < -0.4 is 5.63 Å². The topological polar surface area (TPSA) is 95.2 Å². The van der Waals surface area contributed by atoms with Gasteiger partial charge in [0.1, 0.15) is 16.7 Å². The Morgan fingerprint density at radius 1 is 0.963 bits per heavy atom. The fraction of sp³-hybridized carbons (Fsp3) is 0.100. The van der Waals surface area contributed by atoms with E-state index in [-0.39, 0.29) is 11.5 Å². The lowest BCUT2D eigenvalue weighted by atomic mass is 10.2. The Morgan fingerprint density at radius 3 is 2.74 bits per heavy atom. The second kappa shape index (κ2) is 5.91. The van der Waals surface area contributed by atoms with Crippen LogP contribution in [0, 0.1) is 0 Å². The van der Waals surface area contributed by atoms with E-state index in [1.54, 1.807) is 18.2 Å². The summed E-state index contributed by atoms with van der Waals surface area (Å²) < 4.78 is 16.2. The molecule has 0 fully saturated rings. The maximum Gasteiger partial charge on any atom is 0.349 e. The SMILES string of the molecule is CCc1nc2cc(-c3noc(-c4cc5ccccc5oc4=O)n3)ccc2o1. The molecule has 0 saturated carbocycles. The molecular weight excluding hydrogens is 346 g/mol. The van der Waals surface area contributed by atoms with E-state index in [0.29, 0.717) is 29.3 Å². The van der Waals surface area contributed by atoms with E-state index < -0.39 is 5.63 Å². The van der Waals surface area contributed by atoms with Crippen molar-refractivity contribution in [2.24, 2.45) is 0 Å². The molecule has 0 unspecified atom stereocenters. The van der Waals surface area contributed by atoms with Crippen molar-refractivity contribution < 1.29 is 13.4 Å². The number of fused-ring (bicyclic) bond motifs is 2. The van der Waals surface area contributed by atoms with Crippen molar-refractivity contribution in [3.8, 4) is 22.8 Å². The Bertz CT molecular complexity index is 1350. The van der Waals surface area contributed by atoms with Crippen molar-refractivity contribution in [3.05, 3.63) is 64.8 Å². The molecule has 5 rings (SSSR count). The number of hydrogen-bond donors (Lipinski definition) is 0. The lowest BCUT2D eigenvalue weighted by molar-refractivity contribution is 0.429. The molecule has 3 heterocycles. The Balaban J connectivity index is 1.58. The number of rotatable bonds is 3. The summed E-state index contributed by atoms with van der Waals surface area (Å²) in [6, 6.07) is 14.4. The first-order valence-electron chi connectivity index (χ1n) is 8.48. The van der Waals surface area contributed by atoms with Gasteiger partial charge in [-0.15, -0.1) is 0 Å². The van der Waals surface area contributed by atoms with E-state index in [1.165, 1.54) is 0 Å². The second-order valence-electron chi connectivity index (χ2n) is 6.05. The maximum absolute atomic E-state index is 12.3. The summed E-state index contributed by atoms with van der Waals surface area (Å²) in [5.41, 5.74) is 2.36. The molecule has 0 atom stereocenters. The van der Waals surface area contributed by atoms with Gasteiger partial charge in [-0.1, -0.05) is 30.3 Å². The highest BCUT2D eigenvalue weighted by Gasteiger charge is 2.17. The third kappa shape index (κ3) is 2.60. The summed E-state index contributed by atoms with van der Waals surface area (Å²) >= 11 is 0. The van der Waals surface area contributed by atoms with E-state index in [4.69, 9.17) is 13.4 Å². The fourth-order valence-corrected chi connectivity index (χ4v) is 2.93. The average molecular weight is 359 g/mol. The largest absolute Gasteiger partial charge is 0.441 e. The second-order valence-corrected chi connectivity index (χ2v) is 6.05. The summed E-state index contributed by atoms with van der Waals surface area (Å²) in [6.07, 6.45) is 0.716. The monoisotopic (exact) mass is 359 g/mol. The minimum absolute atomic E-state index is 0.110. The summed E-state index contributed by atoms with van der Waals surface area (Å²) in [4.78, 5) is 21.0. The van der Waals surface area contributed by atoms with Crippen LogP contribution in [-0.4, -0.2) is 15.1 Å². The minimum atomic E-state index is -0.525. The molecule has 132 valence electrons. The van der Waals surface area contributed by atoms with E-state index in [9.17, 15) is 4.79 Å². The lowest BCUT2D eigenvalue weighted by Crippen LogP contribution is -2.02. The van der Waals surface area contributed by atoms with Crippen LogP contribution in [0.5, 0.6) is 0 Å². The number of benzene rings is 2. The van der Waals surface area contributed by atoms with Crippen molar-refractivity contribution in [2.75, 3.05) is 0 Å². The first kappa shape index (κ1) is 15.5. The van der Waals surface area contributed by atoms with Crippen LogP contribution in [0.2, 0.25) is 0 Å². The first-order valence-corrected chi connectivity index (χ1v) is 8.48. The van der Waals surface area contributed by atoms with Crippen LogP contribution in [0.1, 0.15) is 12.8 Å². The highest BCUT2D eigenvalue weighted by molar-refractivity contribution is 5.81. The highest BCUT2D eigenvalue weighted by atomic mass is 16.5. The predicted molar refractivity (Wildman–Crippen MR) is 98.2 cm³/mol. The molecule has 0 aliphatic rings. The van der Waals surface area contributed by atoms with Gasteiger partial charge in [-0.25, -0.2) is 9.78 Å². The molecule has 5 aromatic rings. The fourth-order valence-electron chi connectivity index (χ4n) is 2.93. The van der Waals surface area contributed by atoms with Crippen LogP contribution in [0.4, 0.5) is 0 Å². The average Bonchev–Trinajstić information content (AvgIpc) is 3.33. The quantitative estimate of drug-likeness (QED) is 0.445. The standard InChI is InChI=1S/C20H13N3O4/c1-2-17-21-14-10-12(7-8-16(14)25-17)18-22-19(27-23-18)13-9-11-5-3-4-6-15(11)26-20(13)24/h3-10H,2H2,1H3. The van der Waals surface area contributed by atoms with Crippen LogP contribution in [0.15, 0.2) is 66.7 Å². The number of para-hydroxylation sites is 1. The van der Waals surface area contributed by atoms with E-state index in [0.717, 1.165) is 16.5 Å². The van der Waals surface area contributed by atoms with Gasteiger partial charge in [0.15, 0.2) is 11.5 Å². The number of oxazole rings is 1. The third-order valence-electron chi connectivity index (χ3n) is 4.29. The van der Waals surface area contributed by atoms with Crippen molar-refractivity contribution in [1.82, 2.24) is 15.1 Å². The van der Waals surface area contributed by atoms with Crippen molar-refractivity contribution in [1.29, 1.82) is 0 Å². The van der Waals surface area contributed by atoms with Gasteiger partial charge in [-0.3, -0.25) is 0 Å². The smallest absolute Gasteiger partial charge is 0.349 e. The van der Waals surface area contributed by atoms with E-state index in [1.807, 2.05) is 37.3 Å². The molecule has 7 nitrogen and oxygen atoms in total. The van der Waals surface area contributed by atoms with Gasteiger partial charge in [-0.05, 0) is 30.3 Å². The molecule has 0 spiro atoms. The van der Waals surface area contributed by atoms with E-state index in [2.05, 4.69) is 15.1 Å². The van der Waals surface area contributed by atoms with Crippen LogP contribution in [0.25, 0.3) is 44.9 Å². The molecule has 0 bridgehead atoms. The zero-order valence-corrected chi connectivity index (χ0v) is 14.3. The van der Waals surface area contributed by atoms with Crippen molar-refractivity contribution in [3.63, 3.8) is 0 Å². The lowest BCUT2D eigenvalue weighted by Gasteiger charge is -1.97. The Morgan fingerprint density at radius 2 is 1.85 bits per heavy atom. The maximum atomic E-state index is 12.3. The normalized spacial score (nSPS) is 11.4. The molecule has 0 aliphatic carbocycles. The van der Waals surface area contributed by atoms with Gasteiger partial charge in [0.2, 0.25) is 5.82 Å². The number of aryl methyl sites for hydroxylation is 1. The van der Waals surface area contributed by atoms with Crippen LogP contribution >= 0.6 is 0 Å². The zero-order valence-electron chi connectivity index (χ0n) is 14.3. The van der Waals surface area contributed by atoms with Crippen LogP contribution in [-0.2, 0) is 6.42 Å². The third-order valence-corrected chi connectivity index (χ3v) is 4.29. The van der Waals surface area contributed by atoms with Gasteiger partial charge in [0.25, 0.3) is 5.89 Å². The molecule has 3 aromatic heterocycles. The Kier molecular flexibility index (Phi) is 3.39. The molecule has 0 saturated heterocycles. The molecule has 27 heavy (non-hydrogen) atoms. The highest BCUT2D eigenvalue weighted by Crippen LogP contribution is 2.26.